The summed E-state index contributed by atoms with van der Waals surface area (Å²) >= 11 is 0. The number of carbonyl (C=O) groups excluding carboxylic acids is 1. The number of anilines is 1. The molecule has 0 aliphatic carbocycles. The average Bonchev–Trinajstić information content (AvgIpc) is 3.52. The Balaban J connectivity index is 1.38. The number of hydrogen-bond donors (Lipinski definition) is 1. The van der Waals surface area contributed by atoms with Gasteiger partial charge in [-0.05, 0) is 74.2 Å². The zero-order chi connectivity index (χ0) is 31.5. The first kappa shape index (κ1) is 31.3. The van der Waals surface area contributed by atoms with Crippen LogP contribution >= 0.6 is 0 Å². The maximum absolute atomic E-state index is 13.4. The van der Waals surface area contributed by atoms with E-state index in [-0.39, 0.29) is 42.1 Å². The Labute approximate surface area is 253 Å². The van der Waals surface area contributed by atoms with Crippen LogP contribution in [0.3, 0.4) is 0 Å². The summed E-state index contributed by atoms with van der Waals surface area (Å²) in [5.41, 5.74) is 1.47. The number of Topliss-reactive ketones (excluding diaryl/α,β-unsaturated/α-hetero) is 1. The Kier molecular flexibility index (Phi) is 9.12. The Morgan fingerprint density at radius 3 is 2.34 bits per heavy atom. The monoisotopic (exact) mass is 626 g/mol. The molecule has 230 valence electrons. The molecule has 0 bridgehead atoms. The average molecular weight is 627 g/mol. The summed E-state index contributed by atoms with van der Waals surface area (Å²) in [6.07, 6.45) is -3.47. The van der Waals surface area contributed by atoms with Gasteiger partial charge in [-0.3, -0.25) is 4.79 Å². The molecule has 2 atom stereocenters. The maximum Gasteiger partial charge on any atom is 0.416 e. The molecule has 12 heteroatoms. The first-order chi connectivity index (χ1) is 20.9. The van der Waals surface area contributed by atoms with Crippen molar-refractivity contribution in [3.8, 4) is 11.3 Å². The van der Waals surface area contributed by atoms with Gasteiger partial charge in [-0.1, -0.05) is 42.5 Å². The van der Waals surface area contributed by atoms with Gasteiger partial charge in [0.25, 0.3) is 0 Å². The van der Waals surface area contributed by atoms with E-state index in [9.17, 15) is 30.8 Å². The molecule has 1 aromatic heterocycles. The number of hydrogen-bond acceptors (Lipinski definition) is 6. The fourth-order valence-corrected chi connectivity index (χ4v) is 6.87. The van der Waals surface area contributed by atoms with E-state index in [1.807, 2.05) is 37.3 Å². The van der Waals surface area contributed by atoms with Crippen molar-refractivity contribution < 1.29 is 30.8 Å². The van der Waals surface area contributed by atoms with E-state index in [4.69, 9.17) is 0 Å². The standard InChI is InChI=1S/C32H30F4N4O3S/c1-21(22-6-3-2-4-7-22)37-31-38-26(20-28(39-31)23-9-11-24(12-10-23)32(34,35)36)15-18-30(41)29-8-5-19-40(29)44(42,43)27-16-13-25(33)14-17-27/h2-4,6-7,9-14,16-17,20-21,29H,5,8,15,18-19H2,1H3,(H,37,38,39)/t21?,29-/m0/s1. The summed E-state index contributed by atoms with van der Waals surface area (Å²) in [5.74, 6) is -0.608. The lowest BCUT2D eigenvalue weighted by Crippen LogP contribution is -2.40. The van der Waals surface area contributed by atoms with Crippen molar-refractivity contribution in [1.82, 2.24) is 14.3 Å². The van der Waals surface area contributed by atoms with Crippen LogP contribution in [0.15, 0.2) is 89.8 Å². The van der Waals surface area contributed by atoms with Crippen molar-refractivity contribution in [1.29, 1.82) is 0 Å². The third-order valence-electron chi connectivity index (χ3n) is 7.56. The third kappa shape index (κ3) is 7.13. The second-order valence-corrected chi connectivity index (χ2v) is 12.5. The molecule has 44 heavy (non-hydrogen) atoms. The molecule has 1 N–H and O–H groups in total. The third-order valence-corrected chi connectivity index (χ3v) is 9.48. The minimum atomic E-state index is -4.48. The van der Waals surface area contributed by atoms with Gasteiger partial charge in [0.2, 0.25) is 16.0 Å². The Morgan fingerprint density at radius 2 is 1.68 bits per heavy atom. The van der Waals surface area contributed by atoms with Crippen molar-refractivity contribution in [3.05, 3.63) is 108 Å². The number of nitrogens with one attached hydrogen (secondary N) is 1. The number of nitrogens with zero attached hydrogens (tertiary/aromatic N) is 3. The molecule has 0 spiro atoms. The zero-order valence-corrected chi connectivity index (χ0v) is 24.6. The molecule has 0 radical (unpaired) electrons. The van der Waals surface area contributed by atoms with Gasteiger partial charge in [0.15, 0.2) is 5.78 Å². The van der Waals surface area contributed by atoms with Crippen molar-refractivity contribution in [2.45, 2.75) is 55.8 Å². The topological polar surface area (TPSA) is 92.3 Å². The zero-order valence-electron chi connectivity index (χ0n) is 23.8. The Hall–Kier alpha value is -4.16. The van der Waals surface area contributed by atoms with Crippen LogP contribution in [0.5, 0.6) is 0 Å². The molecule has 1 saturated heterocycles. The predicted octanol–water partition coefficient (Wildman–Crippen LogP) is 6.83. The van der Waals surface area contributed by atoms with Crippen LogP contribution in [0.2, 0.25) is 0 Å². The van der Waals surface area contributed by atoms with Crippen LogP contribution < -0.4 is 5.32 Å². The second-order valence-electron chi connectivity index (χ2n) is 10.6. The van der Waals surface area contributed by atoms with Crippen molar-refractivity contribution in [3.63, 3.8) is 0 Å². The van der Waals surface area contributed by atoms with Gasteiger partial charge in [-0.15, -0.1) is 0 Å². The van der Waals surface area contributed by atoms with E-state index in [0.717, 1.165) is 29.8 Å². The number of sulfonamides is 1. The molecule has 1 aliphatic heterocycles. The number of aromatic nitrogens is 2. The van der Waals surface area contributed by atoms with Gasteiger partial charge >= 0.3 is 6.18 Å². The minimum absolute atomic E-state index is 0.0166. The van der Waals surface area contributed by atoms with Crippen molar-refractivity contribution in [2.24, 2.45) is 0 Å². The number of benzene rings is 3. The molecular weight excluding hydrogens is 596 g/mol. The lowest BCUT2D eigenvalue weighted by atomic mass is 10.0. The van der Waals surface area contributed by atoms with Crippen LogP contribution in [0, 0.1) is 5.82 Å². The van der Waals surface area contributed by atoms with E-state index in [0.29, 0.717) is 29.8 Å². The number of halogens is 4. The van der Waals surface area contributed by atoms with Crippen LogP contribution in [-0.2, 0) is 27.4 Å². The highest BCUT2D eigenvalue weighted by molar-refractivity contribution is 7.89. The number of aryl methyl sites for hydroxylation is 1. The first-order valence-electron chi connectivity index (χ1n) is 14.1. The first-order valence-corrected chi connectivity index (χ1v) is 15.5. The molecule has 1 unspecified atom stereocenters. The fraction of sp³-hybridized carbons (Fsp3) is 0.281. The van der Waals surface area contributed by atoms with Crippen molar-refractivity contribution >= 4 is 21.8 Å². The van der Waals surface area contributed by atoms with Crippen LogP contribution in [0.1, 0.15) is 49.0 Å². The summed E-state index contributed by atoms with van der Waals surface area (Å²) in [4.78, 5) is 22.4. The van der Waals surface area contributed by atoms with E-state index < -0.39 is 33.6 Å². The second kappa shape index (κ2) is 12.8. The van der Waals surface area contributed by atoms with Crippen LogP contribution in [0.4, 0.5) is 23.5 Å². The molecule has 4 aromatic rings. The molecule has 1 aliphatic rings. The highest BCUT2D eigenvalue weighted by Crippen LogP contribution is 2.32. The van der Waals surface area contributed by atoms with Crippen molar-refractivity contribution in [2.75, 3.05) is 11.9 Å². The molecule has 3 aromatic carbocycles. The van der Waals surface area contributed by atoms with E-state index in [1.54, 1.807) is 6.07 Å². The summed E-state index contributed by atoms with van der Waals surface area (Å²) in [6.45, 7) is 2.09. The molecule has 1 fully saturated rings. The predicted molar refractivity (Wildman–Crippen MR) is 158 cm³/mol. The largest absolute Gasteiger partial charge is 0.416 e. The fourth-order valence-electron chi connectivity index (χ4n) is 5.20. The molecular formula is C32H30F4N4O3S. The highest BCUT2D eigenvalue weighted by Gasteiger charge is 2.39. The molecule has 0 amide bonds. The van der Waals surface area contributed by atoms with Crippen LogP contribution in [0.25, 0.3) is 11.3 Å². The molecule has 7 nitrogen and oxygen atoms in total. The summed E-state index contributed by atoms with van der Waals surface area (Å²) in [5, 5.41) is 3.23. The number of carbonyl (C=O) groups is 1. The van der Waals surface area contributed by atoms with Gasteiger partial charge in [-0.2, -0.15) is 17.5 Å². The van der Waals surface area contributed by atoms with E-state index in [1.165, 1.54) is 28.6 Å². The maximum atomic E-state index is 13.4. The highest BCUT2D eigenvalue weighted by atomic mass is 32.2. The minimum Gasteiger partial charge on any atom is -0.348 e. The van der Waals surface area contributed by atoms with E-state index in [2.05, 4.69) is 15.3 Å². The number of alkyl halides is 3. The number of rotatable bonds is 10. The van der Waals surface area contributed by atoms with Gasteiger partial charge in [0, 0.05) is 24.2 Å². The quantitative estimate of drug-likeness (QED) is 0.194. The molecule has 2 heterocycles. The van der Waals surface area contributed by atoms with Gasteiger partial charge in [0.1, 0.15) is 5.82 Å². The smallest absolute Gasteiger partial charge is 0.348 e. The van der Waals surface area contributed by atoms with Gasteiger partial charge < -0.3 is 5.32 Å². The lowest BCUT2D eigenvalue weighted by molar-refractivity contribution is -0.137. The van der Waals surface area contributed by atoms with Gasteiger partial charge in [-0.25, -0.2) is 22.8 Å². The van der Waals surface area contributed by atoms with Crippen LogP contribution in [-0.4, -0.2) is 41.1 Å². The van der Waals surface area contributed by atoms with E-state index >= 15 is 0 Å². The Bertz CT molecular complexity index is 1720. The normalized spacial score (nSPS) is 16.5. The summed E-state index contributed by atoms with van der Waals surface area (Å²) in [6, 6.07) is 19.2. The molecule has 5 rings (SSSR count). The number of ketones is 1. The van der Waals surface area contributed by atoms with Gasteiger partial charge in [0.05, 0.1) is 28.2 Å². The lowest BCUT2D eigenvalue weighted by Gasteiger charge is -2.23. The Morgan fingerprint density at radius 1 is 1.00 bits per heavy atom. The summed E-state index contributed by atoms with van der Waals surface area (Å²) in [7, 11) is -4.01. The summed E-state index contributed by atoms with van der Waals surface area (Å²) < 4.78 is 80.5. The SMILES string of the molecule is CC(Nc1nc(CCC(=O)[C@@H]2CCCN2S(=O)(=O)c2ccc(F)cc2)cc(-c2ccc(C(F)(F)F)cc2)n1)c1ccccc1. The molecule has 0 saturated carbocycles.